The maximum Gasteiger partial charge on any atom is 0.231 e. The van der Waals surface area contributed by atoms with Gasteiger partial charge in [0, 0.05) is 12.6 Å². The summed E-state index contributed by atoms with van der Waals surface area (Å²) in [4.78, 5) is 7.34. The van der Waals surface area contributed by atoms with Crippen LogP contribution < -0.4 is 5.32 Å². The number of hydrogen-bond donors (Lipinski definition) is 1. The molecule has 0 saturated heterocycles. The lowest BCUT2D eigenvalue weighted by atomic mass is 10.3. The second kappa shape index (κ2) is 4.11. The molecule has 0 unspecified atom stereocenters. The average molecular weight is 169 g/mol. The van der Waals surface area contributed by atoms with E-state index in [-0.39, 0.29) is 0 Å². The Balaban J connectivity index is 2.48. The van der Waals surface area contributed by atoms with Gasteiger partial charge in [0.1, 0.15) is 0 Å². The molecule has 0 aliphatic carbocycles. The van der Waals surface area contributed by atoms with Crippen molar-refractivity contribution in [2.45, 2.75) is 26.4 Å². The van der Waals surface area contributed by atoms with Crippen molar-refractivity contribution in [2.24, 2.45) is 0 Å². The van der Waals surface area contributed by atoms with Crippen molar-refractivity contribution in [3.8, 4) is 0 Å². The molecule has 3 nitrogen and oxygen atoms in total. The second-order valence-electron chi connectivity index (χ2n) is 2.87. The Morgan fingerprint density at radius 3 is 2.67 bits per heavy atom. The Bertz CT molecular complexity index is 233. The van der Waals surface area contributed by atoms with Gasteiger partial charge in [-0.05, 0) is 0 Å². The summed E-state index contributed by atoms with van der Waals surface area (Å²) in [5.74, 6) is -0.539. The summed E-state index contributed by atoms with van der Waals surface area (Å²) in [6.45, 7) is 4.71. The highest BCUT2D eigenvalue weighted by atomic mass is 19.1. The van der Waals surface area contributed by atoms with Gasteiger partial charge in [-0.2, -0.15) is 4.39 Å². The first-order valence-corrected chi connectivity index (χ1v) is 3.88. The summed E-state index contributed by atoms with van der Waals surface area (Å²) in [5.41, 5.74) is 0.755. The molecule has 0 aliphatic rings. The predicted octanol–water partition coefficient (Wildman–Crippen LogP) is 1.11. The Morgan fingerprint density at radius 1 is 1.42 bits per heavy atom. The molecule has 1 aromatic rings. The van der Waals surface area contributed by atoms with Crippen LogP contribution in [0.2, 0.25) is 0 Å². The molecule has 0 amide bonds. The Morgan fingerprint density at radius 2 is 2.17 bits per heavy atom. The number of nitrogens with one attached hydrogen (secondary N) is 1. The van der Waals surface area contributed by atoms with Gasteiger partial charge in [-0.3, -0.25) is 4.98 Å². The lowest BCUT2D eigenvalue weighted by Crippen LogP contribution is -2.22. The van der Waals surface area contributed by atoms with Gasteiger partial charge in [0.05, 0.1) is 18.1 Å². The van der Waals surface area contributed by atoms with Gasteiger partial charge < -0.3 is 5.32 Å². The molecule has 0 aromatic carbocycles. The minimum Gasteiger partial charge on any atom is -0.309 e. The number of nitrogens with zero attached hydrogens (tertiary/aromatic N) is 2. The number of aromatic nitrogens is 2. The first-order valence-electron chi connectivity index (χ1n) is 3.88. The molecule has 66 valence electrons. The van der Waals surface area contributed by atoms with Crippen molar-refractivity contribution >= 4 is 0 Å². The van der Waals surface area contributed by atoms with E-state index in [2.05, 4.69) is 15.3 Å². The third-order valence-electron chi connectivity index (χ3n) is 1.37. The van der Waals surface area contributed by atoms with Gasteiger partial charge in [0.25, 0.3) is 0 Å². The average Bonchev–Trinajstić information content (AvgIpc) is 2.03. The zero-order chi connectivity index (χ0) is 8.97. The molecule has 4 heteroatoms. The maximum atomic E-state index is 12.3. The van der Waals surface area contributed by atoms with E-state index in [9.17, 15) is 4.39 Å². The normalized spacial score (nSPS) is 10.7. The van der Waals surface area contributed by atoms with E-state index in [4.69, 9.17) is 0 Å². The minimum absolute atomic E-state index is 0.400. The smallest absolute Gasteiger partial charge is 0.231 e. The third-order valence-corrected chi connectivity index (χ3v) is 1.37. The molecule has 1 aromatic heterocycles. The lowest BCUT2D eigenvalue weighted by Gasteiger charge is -2.05. The van der Waals surface area contributed by atoms with Crippen molar-refractivity contribution in [1.29, 1.82) is 0 Å². The van der Waals surface area contributed by atoms with Crippen LogP contribution in [0.3, 0.4) is 0 Å². The van der Waals surface area contributed by atoms with Crippen LogP contribution in [0.15, 0.2) is 12.4 Å². The van der Waals surface area contributed by atoms with Crippen LogP contribution in [0.4, 0.5) is 4.39 Å². The summed E-state index contributed by atoms with van der Waals surface area (Å²) < 4.78 is 12.3. The van der Waals surface area contributed by atoms with Crippen molar-refractivity contribution in [1.82, 2.24) is 15.3 Å². The molecule has 1 heterocycles. The molecule has 1 rings (SSSR count). The van der Waals surface area contributed by atoms with Crippen LogP contribution in [0, 0.1) is 5.95 Å². The summed E-state index contributed by atoms with van der Waals surface area (Å²) in [6.07, 6.45) is 2.56. The molecule has 0 radical (unpaired) electrons. The number of halogens is 1. The highest BCUT2D eigenvalue weighted by Gasteiger charge is 1.97. The van der Waals surface area contributed by atoms with Crippen molar-refractivity contribution < 1.29 is 4.39 Å². The molecule has 0 saturated carbocycles. The lowest BCUT2D eigenvalue weighted by molar-refractivity contribution is 0.556. The summed E-state index contributed by atoms with van der Waals surface area (Å²) in [5, 5.41) is 3.16. The van der Waals surface area contributed by atoms with E-state index in [1.807, 2.05) is 13.8 Å². The molecule has 0 fully saturated rings. The van der Waals surface area contributed by atoms with E-state index < -0.39 is 5.95 Å². The largest absolute Gasteiger partial charge is 0.309 e. The molecule has 0 atom stereocenters. The van der Waals surface area contributed by atoms with Crippen LogP contribution in [0.5, 0.6) is 0 Å². The SMILES string of the molecule is CC(C)NCc1cnc(F)cn1. The second-order valence-corrected chi connectivity index (χ2v) is 2.87. The number of rotatable bonds is 3. The first kappa shape index (κ1) is 9.06. The van der Waals surface area contributed by atoms with Gasteiger partial charge in [0.15, 0.2) is 0 Å². The molecule has 12 heavy (non-hydrogen) atoms. The Kier molecular flexibility index (Phi) is 3.10. The first-order chi connectivity index (χ1) is 5.68. The van der Waals surface area contributed by atoms with Gasteiger partial charge in [-0.25, -0.2) is 4.98 Å². The fraction of sp³-hybridized carbons (Fsp3) is 0.500. The van der Waals surface area contributed by atoms with Crippen LogP contribution in [0.25, 0.3) is 0 Å². The minimum atomic E-state index is -0.539. The standard InChI is InChI=1S/C8H12FN3/c1-6(2)10-3-7-4-12-8(9)5-11-7/h4-6,10H,3H2,1-2H3. The molecule has 1 N–H and O–H groups in total. The molecular weight excluding hydrogens is 157 g/mol. The molecular formula is C8H12FN3. The topological polar surface area (TPSA) is 37.8 Å². The highest BCUT2D eigenvalue weighted by molar-refractivity contribution is 4.94. The van der Waals surface area contributed by atoms with E-state index in [0.717, 1.165) is 11.9 Å². The van der Waals surface area contributed by atoms with E-state index in [0.29, 0.717) is 12.6 Å². The monoisotopic (exact) mass is 169 g/mol. The van der Waals surface area contributed by atoms with Gasteiger partial charge >= 0.3 is 0 Å². The summed E-state index contributed by atoms with van der Waals surface area (Å²) in [7, 11) is 0. The Hall–Kier alpha value is -1.03. The molecule has 0 spiro atoms. The fourth-order valence-corrected chi connectivity index (χ4v) is 0.739. The van der Waals surface area contributed by atoms with Gasteiger partial charge in [-0.15, -0.1) is 0 Å². The van der Waals surface area contributed by atoms with Crippen molar-refractivity contribution in [2.75, 3.05) is 0 Å². The zero-order valence-electron chi connectivity index (χ0n) is 7.21. The summed E-state index contributed by atoms with van der Waals surface area (Å²) >= 11 is 0. The van der Waals surface area contributed by atoms with Crippen molar-refractivity contribution in [3.63, 3.8) is 0 Å². The molecule has 0 bridgehead atoms. The quantitative estimate of drug-likeness (QED) is 0.736. The van der Waals surface area contributed by atoms with Crippen molar-refractivity contribution in [3.05, 3.63) is 24.0 Å². The molecule has 0 aliphatic heterocycles. The summed E-state index contributed by atoms with van der Waals surface area (Å²) in [6, 6.07) is 0.400. The maximum absolute atomic E-state index is 12.3. The third kappa shape index (κ3) is 2.92. The van der Waals surface area contributed by atoms with E-state index >= 15 is 0 Å². The van der Waals surface area contributed by atoms with Gasteiger partial charge in [0.2, 0.25) is 5.95 Å². The fourth-order valence-electron chi connectivity index (χ4n) is 0.739. The van der Waals surface area contributed by atoms with Gasteiger partial charge in [-0.1, -0.05) is 13.8 Å². The van der Waals surface area contributed by atoms with Crippen LogP contribution in [-0.4, -0.2) is 16.0 Å². The predicted molar refractivity (Wildman–Crippen MR) is 44.0 cm³/mol. The van der Waals surface area contributed by atoms with E-state index in [1.54, 1.807) is 0 Å². The van der Waals surface area contributed by atoms with E-state index in [1.165, 1.54) is 6.20 Å². The zero-order valence-corrected chi connectivity index (χ0v) is 7.21. The van der Waals surface area contributed by atoms with Crippen LogP contribution >= 0.6 is 0 Å². The van der Waals surface area contributed by atoms with Crippen LogP contribution in [-0.2, 0) is 6.54 Å². The number of hydrogen-bond acceptors (Lipinski definition) is 3. The van der Waals surface area contributed by atoms with Crippen LogP contribution in [0.1, 0.15) is 19.5 Å². The Labute approximate surface area is 71.0 Å². The highest BCUT2D eigenvalue weighted by Crippen LogP contribution is 1.93.